The number of aryl methyl sites for hydroxylation is 2. The molecule has 1 atom stereocenters. The maximum absolute atomic E-state index is 12.5. The summed E-state index contributed by atoms with van der Waals surface area (Å²) in [6.45, 7) is 0.247. The van der Waals surface area contributed by atoms with Gasteiger partial charge in [0.25, 0.3) is 5.91 Å². The van der Waals surface area contributed by atoms with Crippen molar-refractivity contribution in [3.63, 3.8) is 0 Å². The number of aliphatic hydroxyl groups excluding tert-OH is 1. The normalized spacial score (nSPS) is 14.8. The van der Waals surface area contributed by atoms with E-state index in [1.165, 1.54) is 24.1 Å². The zero-order valence-corrected chi connectivity index (χ0v) is 14.8. The molecule has 0 saturated carbocycles. The molecule has 1 amide bonds. The van der Waals surface area contributed by atoms with E-state index < -0.39 is 6.10 Å². The van der Waals surface area contributed by atoms with E-state index in [-0.39, 0.29) is 12.5 Å². The Hall–Kier alpha value is -2.59. The van der Waals surface area contributed by atoms with Gasteiger partial charge in [0.2, 0.25) is 0 Å². The lowest BCUT2D eigenvalue weighted by molar-refractivity contribution is 0.0916. The number of hydrogen-bond donors (Lipinski definition) is 3. The van der Waals surface area contributed by atoms with Gasteiger partial charge < -0.3 is 15.4 Å². The molecule has 4 heteroatoms. The van der Waals surface area contributed by atoms with Crippen LogP contribution in [0.1, 0.15) is 40.0 Å². The fraction of sp³-hybridized carbons (Fsp3) is 0.318. The summed E-state index contributed by atoms with van der Waals surface area (Å²) < 4.78 is 0. The molecule has 134 valence electrons. The SMILES string of the molecule is O=C(NC[C@H](O)Cc1ccccc1)c1ccc2[nH]c3c(c2c1)CCCC3. The second-order valence-corrected chi connectivity index (χ2v) is 7.10. The van der Waals surface area contributed by atoms with Gasteiger partial charge in [0.05, 0.1) is 6.10 Å². The summed E-state index contributed by atoms with van der Waals surface area (Å²) in [5, 5.41) is 14.2. The zero-order valence-electron chi connectivity index (χ0n) is 14.8. The highest BCUT2D eigenvalue weighted by Gasteiger charge is 2.17. The highest BCUT2D eigenvalue weighted by Crippen LogP contribution is 2.29. The summed E-state index contributed by atoms with van der Waals surface area (Å²) in [7, 11) is 0. The molecule has 0 bridgehead atoms. The van der Waals surface area contributed by atoms with Gasteiger partial charge in [-0.25, -0.2) is 0 Å². The minimum Gasteiger partial charge on any atom is -0.391 e. The summed E-state index contributed by atoms with van der Waals surface area (Å²) in [5.74, 6) is -0.134. The van der Waals surface area contributed by atoms with Crippen molar-refractivity contribution in [2.75, 3.05) is 6.54 Å². The molecule has 26 heavy (non-hydrogen) atoms. The van der Waals surface area contributed by atoms with Crippen molar-refractivity contribution in [2.45, 2.75) is 38.2 Å². The number of carbonyl (C=O) groups excluding carboxylic acids is 1. The molecule has 1 aromatic heterocycles. The largest absolute Gasteiger partial charge is 0.391 e. The molecule has 1 aliphatic carbocycles. The minimum atomic E-state index is -0.593. The molecule has 0 spiro atoms. The van der Waals surface area contributed by atoms with E-state index in [2.05, 4.69) is 10.3 Å². The first kappa shape index (κ1) is 16.9. The van der Waals surface area contributed by atoms with Crippen LogP contribution in [-0.2, 0) is 19.3 Å². The van der Waals surface area contributed by atoms with Crippen LogP contribution in [0.3, 0.4) is 0 Å². The van der Waals surface area contributed by atoms with Crippen molar-refractivity contribution >= 4 is 16.8 Å². The molecule has 0 unspecified atom stereocenters. The van der Waals surface area contributed by atoms with E-state index in [1.54, 1.807) is 0 Å². The molecule has 3 aromatic rings. The number of benzene rings is 2. The van der Waals surface area contributed by atoms with Crippen LogP contribution in [0.25, 0.3) is 10.9 Å². The lowest BCUT2D eigenvalue weighted by atomic mass is 9.95. The van der Waals surface area contributed by atoms with Crippen LogP contribution < -0.4 is 5.32 Å². The fourth-order valence-corrected chi connectivity index (χ4v) is 3.82. The number of nitrogens with one attached hydrogen (secondary N) is 2. The van der Waals surface area contributed by atoms with Gasteiger partial charge in [0.15, 0.2) is 0 Å². The highest BCUT2D eigenvalue weighted by molar-refractivity contribution is 5.99. The van der Waals surface area contributed by atoms with E-state index in [0.29, 0.717) is 12.0 Å². The van der Waals surface area contributed by atoms with Gasteiger partial charge in [-0.2, -0.15) is 0 Å². The Balaban J connectivity index is 1.43. The summed E-state index contributed by atoms with van der Waals surface area (Å²) in [6.07, 6.45) is 4.55. The number of carbonyl (C=O) groups is 1. The molecule has 0 radical (unpaired) electrons. The predicted molar refractivity (Wildman–Crippen MR) is 103 cm³/mol. The number of H-pyrrole nitrogens is 1. The lowest BCUT2D eigenvalue weighted by Crippen LogP contribution is -2.33. The van der Waals surface area contributed by atoms with E-state index >= 15 is 0 Å². The maximum atomic E-state index is 12.5. The van der Waals surface area contributed by atoms with E-state index in [4.69, 9.17) is 0 Å². The van der Waals surface area contributed by atoms with Crippen LogP contribution in [0.2, 0.25) is 0 Å². The topological polar surface area (TPSA) is 65.1 Å². The number of hydrogen-bond acceptors (Lipinski definition) is 2. The molecule has 4 rings (SSSR count). The summed E-state index contributed by atoms with van der Waals surface area (Å²) in [6, 6.07) is 15.6. The molecule has 0 aliphatic heterocycles. The monoisotopic (exact) mass is 348 g/mol. The summed E-state index contributed by atoms with van der Waals surface area (Å²) in [4.78, 5) is 16.0. The highest BCUT2D eigenvalue weighted by atomic mass is 16.3. The molecular weight excluding hydrogens is 324 g/mol. The molecule has 2 aromatic carbocycles. The van der Waals surface area contributed by atoms with Crippen molar-refractivity contribution in [1.82, 2.24) is 10.3 Å². The molecule has 1 heterocycles. The average Bonchev–Trinajstić information content (AvgIpc) is 3.05. The van der Waals surface area contributed by atoms with Gasteiger partial charge in [-0.05, 0) is 55.0 Å². The number of aromatic amines is 1. The second kappa shape index (κ2) is 7.34. The Morgan fingerprint density at radius 1 is 1.12 bits per heavy atom. The Labute approximate surface area is 153 Å². The lowest BCUT2D eigenvalue weighted by Gasteiger charge is -2.12. The van der Waals surface area contributed by atoms with Gasteiger partial charge >= 0.3 is 0 Å². The predicted octanol–water partition coefficient (Wildman–Crippen LogP) is 3.38. The van der Waals surface area contributed by atoms with Crippen molar-refractivity contribution in [3.05, 3.63) is 70.9 Å². The molecule has 3 N–H and O–H groups in total. The van der Waals surface area contributed by atoms with Gasteiger partial charge in [0.1, 0.15) is 0 Å². The van der Waals surface area contributed by atoms with Crippen molar-refractivity contribution in [3.8, 4) is 0 Å². The molecule has 4 nitrogen and oxygen atoms in total. The van der Waals surface area contributed by atoms with Crippen molar-refractivity contribution < 1.29 is 9.90 Å². The second-order valence-electron chi connectivity index (χ2n) is 7.10. The van der Waals surface area contributed by atoms with Crippen LogP contribution in [0.4, 0.5) is 0 Å². The van der Waals surface area contributed by atoms with Gasteiger partial charge in [-0.15, -0.1) is 0 Å². The van der Waals surface area contributed by atoms with Crippen LogP contribution >= 0.6 is 0 Å². The van der Waals surface area contributed by atoms with Crippen LogP contribution in [0.5, 0.6) is 0 Å². The van der Waals surface area contributed by atoms with Crippen LogP contribution in [-0.4, -0.2) is 28.6 Å². The third kappa shape index (κ3) is 3.51. The van der Waals surface area contributed by atoms with Gasteiger partial charge in [-0.1, -0.05) is 30.3 Å². The van der Waals surface area contributed by atoms with E-state index in [0.717, 1.165) is 29.3 Å². The van der Waals surface area contributed by atoms with Crippen molar-refractivity contribution in [1.29, 1.82) is 0 Å². The Morgan fingerprint density at radius 2 is 1.92 bits per heavy atom. The third-order valence-electron chi connectivity index (χ3n) is 5.17. The van der Waals surface area contributed by atoms with Gasteiger partial charge in [-0.3, -0.25) is 4.79 Å². The number of rotatable bonds is 5. The van der Waals surface area contributed by atoms with Crippen LogP contribution in [0, 0.1) is 0 Å². The van der Waals surface area contributed by atoms with Crippen molar-refractivity contribution in [2.24, 2.45) is 0 Å². The Kier molecular flexibility index (Phi) is 4.76. The maximum Gasteiger partial charge on any atom is 0.251 e. The Morgan fingerprint density at radius 3 is 2.77 bits per heavy atom. The average molecular weight is 348 g/mol. The Bertz CT molecular complexity index is 915. The first-order chi connectivity index (χ1) is 12.7. The van der Waals surface area contributed by atoms with Gasteiger partial charge in [0, 0.05) is 35.1 Å². The molecule has 0 saturated heterocycles. The number of amides is 1. The molecule has 0 fully saturated rings. The zero-order chi connectivity index (χ0) is 17.9. The first-order valence-corrected chi connectivity index (χ1v) is 9.34. The first-order valence-electron chi connectivity index (χ1n) is 9.34. The number of fused-ring (bicyclic) bond motifs is 3. The quantitative estimate of drug-likeness (QED) is 0.662. The fourth-order valence-electron chi connectivity index (χ4n) is 3.82. The minimum absolute atomic E-state index is 0.134. The van der Waals surface area contributed by atoms with Crippen LogP contribution in [0.15, 0.2) is 48.5 Å². The number of aliphatic hydroxyl groups is 1. The molecular formula is C22H24N2O2. The smallest absolute Gasteiger partial charge is 0.251 e. The summed E-state index contributed by atoms with van der Waals surface area (Å²) in [5.41, 5.74) is 5.51. The standard InChI is InChI=1S/C22H24N2O2/c25-17(12-15-6-2-1-3-7-15)14-23-22(26)16-10-11-21-19(13-16)18-8-4-5-9-20(18)24-21/h1-3,6-7,10-11,13,17,24-25H,4-5,8-9,12,14H2,(H,23,26)/t17-/m1/s1. The summed E-state index contributed by atoms with van der Waals surface area (Å²) >= 11 is 0. The third-order valence-corrected chi connectivity index (χ3v) is 5.17. The van der Waals surface area contributed by atoms with E-state index in [1.807, 2.05) is 48.5 Å². The molecule has 1 aliphatic rings. The van der Waals surface area contributed by atoms with E-state index in [9.17, 15) is 9.90 Å². The number of aromatic nitrogens is 1.